The zero-order chi connectivity index (χ0) is 23.8. The molecule has 1 aromatic rings. The van der Waals surface area contributed by atoms with Crippen molar-refractivity contribution < 1.29 is 23.9 Å². The number of ether oxygens (including phenoxy) is 2. The zero-order valence-electron chi connectivity index (χ0n) is 20.0. The number of benzene rings is 1. The molecule has 176 valence electrons. The highest BCUT2D eigenvalue weighted by molar-refractivity contribution is 6.09. The van der Waals surface area contributed by atoms with Crippen molar-refractivity contribution in [2.75, 3.05) is 7.11 Å². The maximum Gasteiger partial charge on any atom is 0.337 e. The van der Waals surface area contributed by atoms with Crippen molar-refractivity contribution >= 4 is 23.4 Å². The Bertz CT molecular complexity index is 1010. The number of nitrogens with zero attached hydrogens (tertiary/aromatic N) is 1. The molecule has 0 radical (unpaired) electrons. The molecule has 1 heterocycles. The summed E-state index contributed by atoms with van der Waals surface area (Å²) in [6.45, 7) is 6.00. The summed E-state index contributed by atoms with van der Waals surface area (Å²) in [5.74, 6) is -1.82. The Morgan fingerprint density at radius 1 is 1.03 bits per heavy atom. The monoisotopic (exact) mass is 451 g/mol. The van der Waals surface area contributed by atoms with E-state index in [4.69, 9.17) is 14.5 Å². The van der Waals surface area contributed by atoms with Crippen LogP contribution in [-0.2, 0) is 19.1 Å². The Morgan fingerprint density at radius 2 is 1.70 bits per heavy atom. The molecule has 0 N–H and O–H groups in total. The third-order valence-electron chi connectivity index (χ3n) is 7.08. The summed E-state index contributed by atoms with van der Waals surface area (Å²) in [5, 5.41) is 0. The van der Waals surface area contributed by atoms with Crippen LogP contribution in [0.25, 0.3) is 0 Å². The van der Waals surface area contributed by atoms with E-state index < -0.39 is 17.8 Å². The molecule has 33 heavy (non-hydrogen) atoms. The summed E-state index contributed by atoms with van der Waals surface area (Å²) in [7, 11) is 1.34. The first kappa shape index (κ1) is 23.4. The van der Waals surface area contributed by atoms with E-state index in [0.717, 1.165) is 36.9 Å². The Labute approximate surface area is 195 Å². The minimum Gasteiger partial charge on any atom is -0.465 e. The van der Waals surface area contributed by atoms with Crippen LogP contribution >= 0.6 is 0 Å². The van der Waals surface area contributed by atoms with Gasteiger partial charge in [-0.3, -0.25) is 14.6 Å². The van der Waals surface area contributed by atoms with Crippen LogP contribution in [0.4, 0.5) is 0 Å². The van der Waals surface area contributed by atoms with Crippen LogP contribution in [-0.4, -0.2) is 36.6 Å². The minimum atomic E-state index is -0.653. The van der Waals surface area contributed by atoms with E-state index in [9.17, 15) is 14.4 Å². The van der Waals surface area contributed by atoms with Crippen LogP contribution in [0.15, 0.2) is 40.5 Å². The molecule has 0 saturated heterocycles. The largest absolute Gasteiger partial charge is 0.465 e. The molecule has 6 heteroatoms. The molecular weight excluding hydrogens is 418 g/mol. The lowest BCUT2D eigenvalue weighted by molar-refractivity contribution is -0.153. The molecule has 1 saturated carbocycles. The van der Waals surface area contributed by atoms with Gasteiger partial charge >= 0.3 is 11.9 Å². The molecule has 0 bridgehead atoms. The second kappa shape index (κ2) is 9.24. The lowest BCUT2D eigenvalue weighted by Gasteiger charge is -2.39. The van der Waals surface area contributed by atoms with Gasteiger partial charge in [0.15, 0.2) is 5.78 Å². The van der Waals surface area contributed by atoms with Crippen LogP contribution in [0.5, 0.6) is 0 Å². The molecule has 1 aliphatic heterocycles. The highest BCUT2D eigenvalue weighted by atomic mass is 16.5. The van der Waals surface area contributed by atoms with Crippen molar-refractivity contribution in [1.82, 2.24) is 0 Å². The third kappa shape index (κ3) is 4.80. The molecule has 3 aliphatic rings. The van der Waals surface area contributed by atoms with Gasteiger partial charge in [0.05, 0.1) is 12.7 Å². The number of esters is 2. The number of ketones is 1. The minimum absolute atomic E-state index is 0.0370. The zero-order valence-corrected chi connectivity index (χ0v) is 20.0. The van der Waals surface area contributed by atoms with Gasteiger partial charge in [0.1, 0.15) is 12.0 Å². The number of aliphatic imine (C=N–C) groups is 1. The number of allylic oxidation sites excluding steroid dienone is 2. The van der Waals surface area contributed by atoms with E-state index in [1.165, 1.54) is 13.5 Å². The van der Waals surface area contributed by atoms with E-state index in [1.54, 1.807) is 12.1 Å². The number of carbonyl (C=O) groups excluding carboxylic acids is 3. The first-order chi connectivity index (χ1) is 15.7. The molecule has 2 atom stereocenters. The molecular formula is C27H33NO5. The van der Waals surface area contributed by atoms with E-state index in [1.807, 2.05) is 19.1 Å². The van der Waals surface area contributed by atoms with Gasteiger partial charge < -0.3 is 9.47 Å². The molecule has 1 unspecified atom stereocenters. The van der Waals surface area contributed by atoms with Crippen molar-refractivity contribution in [2.24, 2.45) is 16.3 Å². The quantitative estimate of drug-likeness (QED) is 0.590. The molecule has 0 spiro atoms. The molecule has 6 nitrogen and oxygen atoms in total. The number of methoxy groups -OCH3 is 1. The van der Waals surface area contributed by atoms with E-state index >= 15 is 0 Å². The maximum atomic E-state index is 13.5. The molecule has 4 rings (SSSR count). The summed E-state index contributed by atoms with van der Waals surface area (Å²) < 4.78 is 10.8. The van der Waals surface area contributed by atoms with Gasteiger partial charge in [-0.1, -0.05) is 32.4 Å². The van der Waals surface area contributed by atoms with Gasteiger partial charge in [0.2, 0.25) is 0 Å². The number of rotatable bonds is 4. The number of hydrogen-bond acceptors (Lipinski definition) is 6. The lowest BCUT2D eigenvalue weighted by atomic mass is 9.67. The Kier molecular flexibility index (Phi) is 6.55. The summed E-state index contributed by atoms with van der Waals surface area (Å²) in [6.07, 6.45) is 6.11. The smallest absolute Gasteiger partial charge is 0.337 e. The van der Waals surface area contributed by atoms with Crippen LogP contribution in [0.1, 0.15) is 87.6 Å². The van der Waals surface area contributed by atoms with Crippen molar-refractivity contribution in [1.29, 1.82) is 0 Å². The Hall–Kier alpha value is -2.76. The highest BCUT2D eigenvalue weighted by Gasteiger charge is 2.46. The predicted octanol–water partition coefficient (Wildman–Crippen LogP) is 5.17. The average Bonchev–Trinajstić information content (AvgIpc) is 2.77. The second-order valence-corrected chi connectivity index (χ2v) is 10.3. The van der Waals surface area contributed by atoms with Crippen molar-refractivity contribution in [2.45, 2.75) is 77.7 Å². The predicted molar refractivity (Wildman–Crippen MR) is 125 cm³/mol. The van der Waals surface area contributed by atoms with Crippen LogP contribution < -0.4 is 0 Å². The Morgan fingerprint density at radius 3 is 2.33 bits per heavy atom. The summed E-state index contributed by atoms with van der Waals surface area (Å²) in [6, 6.07) is 6.99. The lowest BCUT2D eigenvalue weighted by Crippen LogP contribution is -2.40. The first-order valence-corrected chi connectivity index (χ1v) is 11.9. The third-order valence-corrected chi connectivity index (χ3v) is 7.08. The summed E-state index contributed by atoms with van der Waals surface area (Å²) in [4.78, 5) is 43.5. The van der Waals surface area contributed by atoms with Crippen molar-refractivity contribution in [3.05, 3.63) is 46.7 Å². The van der Waals surface area contributed by atoms with Crippen LogP contribution in [0, 0.1) is 11.3 Å². The Balaban J connectivity index is 1.74. The number of hydrogen-bond donors (Lipinski definition) is 0. The van der Waals surface area contributed by atoms with E-state index in [0.29, 0.717) is 29.7 Å². The standard InChI is InChI=1S/C27H33NO5/c1-16-22(26(31)33-19-8-6-5-7-9-19)23(17-10-12-18(13-11-17)25(30)32-4)24-20(28-16)14-27(2,3)15-21(24)29/h10-13,19,22-23H,5-9,14-15H2,1-4H3/t22?,23-/m0/s1. The molecule has 0 aromatic heterocycles. The summed E-state index contributed by atoms with van der Waals surface area (Å²) in [5.41, 5.74) is 3.14. The van der Waals surface area contributed by atoms with Gasteiger partial charge in [-0.2, -0.15) is 0 Å². The highest BCUT2D eigenvalue weighted by Crippen LogP contribution is 2.48. The van der Waals surface area contributed by atoms with Crippen molar-refractivity contribution in [3.8, 4) is 0 Å². The molecule has 1 aromatic carbocycles. The normalized spacial score (nSPS) is 25.2. The van der Waals surface area contributed by atoms with E-state index in [2.05, 4.69) is 13.8 Å². The van der Waals surface area contributed by atoms with Gasteiger partial charge in [0.25, 0.3) is 0 Å². The van der Waals surface area contributed by atoms with Gasteiger partial charge in [-0.05, 0) is 62.1 Å². The molecule has 2 aliphatic carbocycles. The SMILES string of the molecule is COC(=O)c1ccc([C@@H]2C3=C(CC(C)(C)CC3=O)N=C(C)C2C(=O)OC2CCCCC2)cc1. The number of carbonyl (C=O) groups is 3. The maximum absolute atomic E-state index is 13.5. The van der Waals surface area contributed by atoms with Gasteiger partial charge in [-0.15, -0.1) is 0 Å². The number of Topliss-reactive ketones (excluding diaryl/α,β-unsaturated/α-hetero) is 1. The van der Waals surface area contributed by atoms with Crippen LogP contribution in [0.3, 0.4) is 0 Å². The van der Waals surface area contributed by atoms with E-state index in [-0.39, 0.29) is 23.3 Å². The first-order valence-electron chi connectivity index (χ1n) is 11.9. The summed E-state index contributed by atoms with van der Waals surface area (Å²) >= 11 is 0. The van der Waals surface area contributed by atoms with Crippen LogP contribution in [0.2, 0.25) is 0 Å². The second-order valence-electron chi connectivity index (χ2n) is 10.3. The molecule has 1 fully saturated rings. The fraction of sp³-hybridized carbons (Fsp3) is 0.556. The van der Waals surface area contributed by atoms with Crippen molar-refractivity contribution in [3.63, 3.8) is 0 Å². The fourth-order valence-corrected chi connectivity index (χ4v) is 5.48. The topological polar surface area (TPSA) is 82.0 Å². The molecule has 0 amide bonds. The average molecular weight is 452 g/mol. The fourth-order valence-electron chi connectivity index (χ4n) is 5.48. The van der Waals surface area contributed by atoms with Gasteiger partial charge in [-0.25, -0.2) is 4.79 Å². The van der Waals surface area contributed by atoms with Gasteiger partial charge in [0, 0.05) is 29.3 Å².